The van der Waals surface area contributed by atoms with Crippen molar-refractivity contribution in [2.75, 3.05) is 6.61 Å². The molecule has 0 amide bonds. The second-order valence-corrected chi connectivity index (χ2v) is 7.39. The molecular weight excluding hydrogens is 288 g/mol. The minimum Gasteiger partial charge on any atom is -0.493 e. The monoisotopic (exact) mass is 322 g/mol. The van der Waals surface area contributed by atoms with Gasteiger partial charge in [0.25, 0.3) is 0 Å². The molecule has 0 saturated carbocycles. The normalized spacial score (nSPS) is 14.6. The van der Waals surface area contributed by atoms with Crippen molar-refractivity contribution >= 4 is 0 Å². The molecule has 1 aromatic carbocycles. The van der Waals surface area contributed by atoms with E-state index >= 15 is 0 Å². The highest BCUT2D eigenvalue weighted by atomic mass is 16.5. The summed E-state index contributed by atoms with van der Waals surface area (Å²) in [7, 11) is 0. The molecule has 0 fully saturated rings. The Bertz CT molecular complexity index is 462. The first kappa shape index (κ1) is 20.0. The molecule has 3 nitrogen and oxygen atoms in total. The molecule has 3 heteroatoms. The first-order chi connectivity index (χ1) is 10.8. The van der Waals surface area contributed by atoms with Gasteiger partial charge in [-0.1, -0.05) is 53.2 Å². The minimum absolute atomic E-state index is 0.0133. The van der Waals surface area contributed by atoms with Crippen molar-refractivity contribution < 1.29 is 14.9 Å². The van der Waals surface area contributed by atoms with E-state index in [0.717, 1.165) is 31.6 Å². The third-order valence-electron chi connectivity index (χ3n) is 4.07. The zero-order valence-electron chi connectivity index (χ0n) is 15.4. The maximum Gasteiger partial charge on any atom is 0.123 e. The fourth-order valence-corrected chi connectivity index (χ4v) is 2.65. The lowest BCUT2D eigenvalue weighted by Gasteiger charge is -2.24. The molecule has 0 aromatic heterocycles. The van der Waals surface area contributed by atoms with E-state index in [1.807, 2.05) is 13.0 Å². The molecule has 0 heterocycles. The highest BCUT2D eigenvalue weighted by molar-refractivity contribution is 5.41. The van der Waals surface area contributed by atoms with Gasteiger partial charge in [0.1, 0.15) is 5.75 Å². The maximum atomic E-state index is 10.0. The lowest BCUT2D eigenvalue weighted by atomic mass is 9.84. The van der Waals surface area contributed by atoms with Crippen LogP contribution in [0.4, 0.5) is 0 Å². The molecule has 1 aromatic rings. The van der Waals surface area contributed by atoms with E-state index in [9.17, 15) is 10.2 Å². The van der Waals surface area contributed by atoms with Gasteiger partial charge in [0.05, 0.1) is 18.8 Å². The molecule has 132 valence electrons. The molecular formula is C20H34O3. The van der Waals surface area contributed by atoms with Gasteiger partial charge >= 0.3 is 0 Å². The number of hydrogen-bond donors (Lipinski definition) is 2. The third kappa shape index (κ3) is 6.52. The Labute approximate surface area is 141 Å². The van der Waals surface area contributed by atoms with Crippen molar-refractivity contribution in [2.45, 2.75) is 84.3 Å². The van der Waals surface area contributed by atoms with Crippen LogP contribution in [0, 0.1) is 0 Å². The Kier molecular flexibility index (Phi) is 8.07. The lowest BCUT2D eigenvalue weighted by Crippen LogP contribution is -2.26. The van der Waals surface area contributed by atoms with Crippen LogP contribution in [0.2, 0.25) is 0 Å². The van der Waals surface area contributed by atoms with E-state index in [2.05, 4.69) is 39.8 Å². The standard InChI is InChI=1S/C20H34O3/c1-6-8-17(21)18(22)11-9-15-10-12-19(23-13-7-2)16(14-15)20(3,4)5/h10,12,14,17-18,21-22H,6-9,11,13H2,1-5H3. The fraction of sp³-hybridized carbons (Fsp3) is 0.700. The zero-order valence-corrected chi connectivity index (χ0v) is 15.4. The third-order valence-corrected chi connectivity index (χ3v) is 4.07. The molecule has 0 aliphatic heterocycles. The van der Waals surface area contributed by atoms with Gasteiger partial charge < -0.3 is 14.9 Å². The Morgan fingerprint density at radius 3 is 2.22 bits per heavy atom. The first-order valence-electron chi connectivity index (χ1n) is 8.91. The Morgan fingerprint density at radius 1 is 1.00 bits per heavy atom. The molecule has 2 atom stereocenters. The quantitative estimate of drug-likeness (QED) is 0.715. The van der Waals surface area contributed by atoms with Crippen LogP contribution in [0.5, 0.6) is 5.75 Å². The molecule has 1 rings (SSSR count). The summed E-state index contributed by atoms with van der Waals surface area (Å²) >= 11 is 0. The smallest absolute Gasteiger partial charge is 0.123 e. The van der Waals surface area contributed by atoms with E-state index in [1.54, 1.807) is 0 Å². The van der Waals surface area contributed by atoms with Gasteiger partial charge in [-0.3, -0.25) is 0 Å². The molecule has 0 aliphatic carbocycles. The van der Waals surface area contributed by atoms with Gasteiger partial charge in [-0.2, -0.15) is 0 Å². The largest absolute Gasteiger partial charge is 0.493 e. The number of aliphatic hydroxyl groups is 2. The van der Waals surface area contributed by atoms with Crippen LogP contribution < -0.4 is 4.74 Å². The fourth-order valence-electron chi connectivity index (χ4n) is 2.65. The summed E-state index contributed by atoms with van der Waals surface area (Å²) in [5.41, 5.74) is 2.40. The number of aryl methyl sites for hydroxylation is 1. The van der Waals surface area contributed by atoms with Gasteiger partial charge in [-0.05, 0) is 48.3 Å². The van der Waals surface area contributed by atoms with E-state index in [0.29, 0.717) is 12.8 Å². The second-order valence-electron chi connectivity index (χ2n) is 7.39. The highest BCUT2D eigenvalue weighted by Gasteiger charge is 2.20. The molecule has 0 radical (unpaired) electrons. The number of aliphatic hydroxyl groups excluding tert-OH is 2. The van der Waals surface area contributed by atoms with Gasteiger partial charge in [-0.15, -0.1) is 0 Å². The lowest BCUT2D eigenvalue weighted by molar-refractivity contribution is 0.00980. The SMILES string of the molecule is CCCOc1ccc(CCC(O)C(O)CCC)cc1C(C)(C)C. The van der Waals surface area contributed by atoms with Gasteiger partial charge in [0.15, 0.2) is 0 Å². The average molecular weight is 322 g/mol. The minimum atomic E-state index is -0.649. The summed E-state index contributed by atoms with van der Waals surface area (Å²) in [6, 6.07) is 6.30. The van der Waals surface area contributed by atoms with Gasteiger partial charge in [0.2, 0.25) is 0 Å². The number of rotatable bonds is 9. The molecule has 0 aliphatic rings. The molecule has 0 saturated heterocycles. The summed E-state index contributed by atoms with van der Waals surface area (Å²) in [5, 5.41) is 19.9. The molecule has 2 unspecified atom stereocenters. The van der Waals surface area contributed by atoms with E-state index in [1.165, 1.54) is 11.1 Å². The summed E-state index contributed by atoms with van der Waals surface area (Å²) in [4.78, 5) is 0. The molecule has 0 spiro atoms. The van der Waals surface area contributed by atoms with Crippen molar-refractivity contribution in [1.82, 2.24) is 0 Å². The van der Waals surface area contributed by atoms with E-state index in [-0.39, 0.29) is 5.41 Å². The Hall–Kier alpha value is -1.06. The predicted molar refractivity (Wildman–Crippen MR) is 96.2 cm³/mol. The Balaban J connectivity index is 2.81. The van der Waals surface area contributed by atoms with Crippen LogP contribution in [0.1, 0.15) is 71.4 Å². The average Bonchev–Trinajstić information content (AvgIpc) is 2.50. The summed E-state index contributed by atoms with van der Waals surface area (Å²) in [5.74, 6) is 0.953. The topological polar surface area (TPSA) is 49.7 Å². The Morgan fingerprint density at radius 2 is 1.65 bits per heavy atom. The van der Waals surface area contributed by atoms with Crippen LogP contribution in [-0.4, -0.2) is 29.0 Å². The van der Waals surface area contributed by atoms with Crippen molar-refractivity contribution in [3.05, 3.63) is 29.3 Å². The summed E-state index contributed by atoms with van der Waals surface area (Å²) < 4.78 is 5.87. The van der Waals surface area contributed by atoms with Gasteiger partial charge in [-0.25, -0.2) is 0 Å². The maximum absolute atomic E-state index is 10.0. The second kappa shape index (κ2) is 9.29. The van der Waals surface area contributed by atoms with Crippen LogP contribution in [0.25, 0.3) is 0 Å². The summed E-state index contributed by atoms with van der Waals surface area (Å²) in [6.07, 6.45) is 2.61. The predicted octanol–water partition coefficient (Wildman–Crippen LogP) is 4.23. The first-order valence-corrected chi connectivity index (χ1v) is 8.91. The summed E-state index contributed by atoms with van der Waals surface area (Å²) in [6.45, 7) is 11.4. The molecule has 2 N–H and O–H groups in total. The van der Waals surface area contributed by atoms with Gasteiger partial charge in [0, 0.05) is 0 Å². The van der Waals surface area contributed by atoms with Crippen LogP contribution in [0.3, 0.4) is 0 Å². The van der Waals surface area contributed by atoms with E-state index < -0.39 is 12.2 Å². The van der Waals surface area contributed by atoms with Crippen LogP contribution >= 0.6 is 0 Å². The molecule has 23 heavy (non-hydrogen) atoms. The van der Waals surface area contributed by atoms with Crippen LogP contribution in [0.15, 0.2) is 18.2 Å². The van der Waals surface area contributed by atoms with Crippen molar-refractivity contribution in [2.24, 2.45) is 0 Å². The van der Waals surface area contributed by atoms with Crippen molar-refractivity contribution in [3.8, 4) is 5.75 Å². The van der Waals surface area contributed by atoms with Crippen molar-refractivity contribution in [3.63, 3.8) is 0 Å². The molecule has 0 bridgehead atoms. The number of ether oxygens (including phenoxy) is 1. The highest BCUT2D eigenvalue weighted by Crippen LogP contribution is 2.32. The van der Waals surface area contributed by atoms with Crippen molar-refractivity contribution in [1.29, 1.82) is 0 Å². The number of hydrogen-bond acceptors (Lipinski definition) is 3. The van der Waals surface area contributed by atoms with E-state index in [4.69, 9.17) is 4.74 Å². The van der Waals surface area contributed by atoms with Crippen LogP contribution in [-0.2, 0) is 11.8 Å². The number of benzene rings is 1. The zero-order chi connectivity index (χ0) is 17.5.